The molecule has 0 aliphatic carbocycles. The van der Waals surface area contributed by atoms with Crippen LogP contribution in [-0.4, -0.2) is 5.11 Å². The minimum absolute atomic E-state index is 0.0115. The molecule has 0 spiro atoms. The molecular weight excluding hydrogens is 373 g/mol. The number of halogens is 1. The first kappa shape index (κ1) is 20.8. The van der Waals surface area contributed by atoms with E-state index in [4.69, 9.17) is 0 Å². The van der Waals surface area contributed by atoms with Gasteiger partial charge in [-0.3, -0.25) is 0 Å². The first-order chi connectivity index (χ1) is 14.6. The van der Waals surface area contributed by atoms with Crippen LogP contribution in [0.25, 0.3) is 0 Å². The zero-order chi connectivity index (χ0) is 21.1. The van der Waals surface area contributed by atoms with E-state index in [-0.39, 0.29) is 29.7 Å². The Morgan fingerprint density at radius 1 is 0.833 bits per heavy atom. The van der Waals surface area contributed by atoms with E-state index in [0.29, 0.717) is 0 Å². The maximum atomic E-state index is 13.7. The Hall–Kier alpha value is -2.49. The monoisotopic (exact) mass is 403 g/mol. The summed E-state index contributed by atoms with van der Waals surface area (Å²) in [5, 5.41) is 16.3. The number of nitrogens with one attached hydrogen (secondary N) is 1. The molecule has 156 valence electrons. The van der Waals surface area contributed by atoms with E-state index in [1.807, 2.05) is 36.4 Å². The fourth-order valence-electron chi connectivity index (χ4n) is 5.23. The van der Waals surface area contributed by atoms with E-state index >= 15 is 0 Å². The van der Waals surface area contributed by atoms with Crippen LogP contribution in [0.4, 0.5) is 4.39 Å². The third-order valence-electron chi connectivity index (χ3n) is 6.74. The van der Waals surface area contributed by atoms with Crippen LogP contribution in [0.15, 0.2) is 84.9 Å². The van der Waals surface area contributed by atoms with Crippen LogP contribution in [0.5, 0.6) is 0 Å². The number of hydrogen-bond acceptors (Lipinski definition) is 2. The van der Waals surface area contributed by atoms with E-state index in [1.54, 1.807) is 12.1 Å². The number of aliphatic hydroxyl groups is 1. The summed E-state index contributed by atoms with van der Waals surface area (Å²) in [6.07, 6.45) is 1.83. The number of benzene rings is 3. The molecule has 30 heavy (non-hydrogen) atoms. The van der Waals surface area contributed by atoms with Crippen LogP contribution < -0.4 is 5.32 Å². The summed E-state index contributed by atoms with van der Waals surface area (Å²) in [5.41, 5.74) is 2.03. The average Bonchev–Trinajstić information content (AvgIpc) is 2.79. The van der Waals surface area contributed by atoms with Gasteiger partial charge in [-0.15, -0.1) is 0 Å². The zero-order valence-electron chi connectivity index (χ0n) is 17.6. The van der Waals surface area contributed by atoms with Gasteiger partial charge >= 0.3 is 0 Å². The molecule has 3 aromatic rings. The Balaban J connectivity index is 1.88. The van der Waals surface area contributed by atoms with Crippen LogP contribution in [-0.2, 0) is 5.60 Å². The Morgan fingerprint density at radius 3 is 1.90 bits per heavy atom. The highest BCUT2D eigenvalue weighted by atomic mass is 19.1. The molecule has 0 radical (unpaired) electrons. The van der Waals surface area contributed by atoms with Crippen molar-refractivity contribution in [3.63, 3.8) is 0 Å². The maximum Gasteiger partial charge on any atom is 0.123 e. The van der Waals surface area contributed by atoms with Crippen LogP contribution in [0, 0.1) is 17.7 Å². The van der Waals surface area contributed by atoms with Crippen molar-refractivity contribution in [1.29, 1.82) is 0 Å². The van der Waals surface area contributed by atoms with Gasteiger partial charge in [0.2, 0.25) is 0 Å². The molecule has 3 aromatic carbocycles. The lowest BCUT2D eigenvalue weighted by molar-refractivity contribution is -0.127. The molecule has 2 N–H and O–H groups in total. The molecule has 2 nitrogen and oxygen atoms in total. The van der Waals surface area contributed by atoms with Crippen molar-refractivity contribution in [1.82, 2.24) is 5.32 Å². The average molecular weight is 404 g/mol. The van der Waals surface area contributed by atoms with Crippen molar-refractivity contribution in [3.05, 3.63) is 107 Å². The summed E-state index contributed by atoms with van der Waals surface area (Å²) < 4.78 is 13.7. The molecule has 1 heterocycles. The lowest BCUT2D eigenvalue weighted by Crippen LogP contribution is -2.56. The molecule has 1 aliphatic heterocycles. The zero-order valence-corrected chi connectivity index (χ0v) is 17.6. The molecule has 0 amide bonds. The Labute approximate surface area is 178 Å². The first-order valence-corrected chi connectivity index (χ1v) is 10.9. The highest BCUT2D eigenvalue weighted by Gasteiger charge is 2.53. The van der Waals surface area contributed by atoms with Gasteiger partial charge in [-0.2, -0.15) is 0 Å². The van der Waals surface area contributed by atoms with Crippen LogP contribution >= 0.6 is 0 Å². The number of rotatable bonds is 5. The molecule has 0 aromatic heterocycles. The van der Waals surface area contributed by atoms with Crippen molar-refractivity contribution < 1.29 is 9.50 Å². The van der Waals surface area contributed by atoms with E-state index < -0.39 is 5.60 Å². The van der Waals surface area contributed by atoms with Gasteiger partial charge < -0.3 is 10.4 Å². The number of hydrogen-bond donors (Lipinski definition) is 2. The molecule has 0 bridgehead atoms. The molecule has 4 rings (SSSR count). The maximum absolute atomic E-state index is 13.7. The molecule has 1 saturated heterocycles. The molecule has 5 atom stereocenters. The second-order valence-corrected chi connectivity index (χ2v) is 8.46. The molecule has 0 unspecified atom stereocenters. The van der Waals surface area contributed by atoms with Gasteiger partial charge in [-0.1, -0.05) is 93.1 Å². The fraction of sp³-hybridized carbons (Fsp3) is 0.333. The highest BCUT2D eigenvalue weighted by molar-refractivity contribution is 5.33. The van der Waals surface area contributed by atoms with Crippen molar-refractivity contribution >= 4 is 0 Å². The summed E-state index contributed by atoms with van der Waals surface area (Å²) in [7, 11) is 0. The van der Waals surface area contributed by atoms with Gasteiger partial charge in [0, 0.05) is 23.9 Å². The molecule has 3 heteroatoms. The Morgan fingerprint density at radius 2 is 1.37 bits per heavy atom. The van der Waals surface area contributed by atoms with Gasteiger partial charge in [0.1, 0.15) is 5.82 Å². The standard InChI is InChI=1S/C27H30FNO/c1-3-10-24-26(21-13-8-5-9-14-21)29-25(20-11-6-4-7-12-20)19(2)27(24,30)22-15-17-23(28)18-16-22/h4-9,11-19,24-26,29-30H,3,10H2,1-2H3/t19-,24-,25-,26-,27-/m0/s1. The van der Waals surface area contributed by atoms with Crippen molar-refractivity contribution in [2.75, 3.05) is 0 Å². The predicted octanol–water partition coefficient (Wildman–Crippen LogP) is 6.15. The topological polar surface area (TPSA) is 32.3 Å². The molecule has 0 saturated carbocycles. The third kappa shape index (κ3) is 3.68. The van der Waals surface area contributed by atoms with Crippen molar-refractivity contribution in [2.24, 2.45) is 11.8 Å². The van der Waals surface area contributed by atoms with E-state index in [1.165, 1.54) is 17.7 Å². The summed E-state index contributed by atoms with van der Waals surface area (Å²) >= 11 is 0. The second kappa shape index (κ2) is 8.71. The summed E-state index contributed by atoms with van der Waals surface area (Å²) in [6, 6.07) is 27.1. The Kier molecular flexibility index (Phi) is 6.03. The lowest BCUT2D eigenvalue weighted by Gasteiger charge is -2.53. The highest BCUT2D eigenvalue weighted by Crippen LogP contribution is 2.53. The first-order valence-electron chi connectivity index (χ1n) is 10.9. The van der Waals surface area contributed by atoms with E-state index in [9.17, 15) is 9.50 Å². The predicted molar refractivity (Wildman–Crippen MR) is 119 cm³/mol. The van der Waals surface area contributed by atoms with E-state index in [2.05, 4.69) is 43.4 Å². The third-order valence-corrected chi connectivity index (χ3v) is 6.74. The lowest BCUT2D eigenvalue weighted by atomic mass is 9.61. The van der Waals surface area contributed by atoms with Gasteiger partial charge in [-0.25, -0.2) is 4.39 Å². The van der Waals surface area contributed by atoms with Crippen LogP contribution in [0.1, 0.15) is 55.5 Å². The minimum Gasteiger partial charge on any atom is -0.384 e. The van der Waals surface area contributed by atoms with Crippen LogP contribution in [0.3, 0.4) is 0 Å². The minimum atomic E-state index is -1.09. The van der Waals surface area contributed by atoms with Gasteiger partial charge in [0.25, 0.3) is 0 Å². The van der Waals surface area contributed by atoms with Crippen LogP contribution in [0.2, 0.25) is 0 Å². The molecular formula is C27H30FNO. The second-order valence-electron chi connectivity index (χ2n) is 8.46. The quantitative estimate of drug-likeness (QED) is 0.535. The van der Waals surface area contributed by atoms with E-state index in [0.717, 1.165) is 24.0 Å². The summed E-state index contributed by atoms with van der Waals surface area (Å²) in [4.78, 5) is 0. The summed E-state index contributed by atoms with van der Waals surface area (Å²) in [6.45, 7) is 4.26. The summed E-state index contributed by atoms with van der Waals surface area (Å²) in [5.74, 6) is -0.414. The normalized spacial score (nSPS) is 28.9. The Bertz CT molecular complexity index is 944. The van der Waals surface area contributed by atoms with Gasteiger partial charge in [-0.05, 0) is 35.2 Å². The van der Waals surface area contributed by atoms with Crippen molar-refractivity contribution in [3.8, 4) is 0 Å². The van der Waals surface area contributed by atoms with Gasteiger partial charge in [0.05, 0.1) is 5.60 Å². The van der Waals surface area contributed by atoms with Gasteiger partial charge in [0.15, 0.2) is 0 Å². The fourth-order valence-corrected chi connectivity index (χ4v) is 5.23. The molecule has 1 aliphatic rings. The smallest absolute Gasteiger partial charge is 0.123 e. The molecule has 1 fully saturated rings. The largest absolute Gasteiger partial charge is 0.384 e. The van der Waals surface area contributed by atoms with Crippen molar-refractivity contribution in [2.45, 2.75) is 44.4 Å². The SMILES string of the molecule is CCC[C@H]1[C@H](c2ccccc2)N[C@H](c2ccccc2)[C@H](C)[C@]1(O)c1ccc(F)cc1. The number of piperidine rings is 1.